The minimum Gasteiger partial charge on any atom is -0.383 e. The summed E-state index contributed by atoms with van der Waals surface area (Å²) in [6.45, 7) is 6.62. The molecule has 0 unspecified atom stereocenters. The van der Waals surface area contributed by atoms with Gasteiger partial charge in [-0.15, -0.1) is 5.10 Å². The van der Waals surface area contributed by atoms with Gasteiger partial charge in [0.1, 0.15) is 17.6 Å². The quantitative estimate of drug-likeness (QED) is 0.306. The molecule has 202 valence electrons. The van der Waals surface area contributed by atoms with E-state index in [1.165, 1.54) is 36.5 Å². The van der Waals surface area contributed by atoms with Gasteiger partial charge in [0.05, 0.1) is 41.3 Å². The van der Waals surface area contributed by atoms with Crippen molar-refractivity contribution < 1.29 is 14.2 Å². The van der Waals surface area contributed by atoms with Gasteiger partial charge in [0.25, 0.3) is 0 Å². The topological polar surface area (TPSA) is 126 Å². The fourth-order valence-electron chi connectivity index (χ4n) is 4.21. The van der Waals surface area contributed by atoms with Crippen LogP contribution in [0, 0.1) is 22.6 Å². The van der Waals surface area contributed by atoms with E-state index in [4.69, 9.17) is 0 Å². The van der Waals surface area contributed by atoms with E-state index in [1.54, 1.807) is 16.9 Å². The Hall–Kier alpha value is -4.04. The van der Waals surface area contributed by atoms with Crippen molar-refractivity contribution in [2.45, 2.75) is 50.6 Å². The zero-order valence-electron chi connectivity index (χ0n) is 23.2. The number of benzene rings is 2. The molecular weight excluding hydrogens is 517 g/mol. The summed E-state index contributed by atoms with van der Waals surface area (Å²) >= 11 is 0. The molecule has 1 fully saturated rings. The molecule has 4 aromatic rings. The van der Waals surface area contributed by atoms with Gasteiger partial charge in [-0.1, -0.05) is 38.1 Å². The van der Waals surface area contributed by atoms with Gasteiger partial charge < -0.3 is 10.6 Å². The molecule has 0 spiro atoms. The summed E-state index contributed by atoms with van der Waals surface area (Å²) in [6.07, 6.45) is 6.07. The number of aromatic nitrogens is 4. The van der Waals surface area contributed by atoms with Crippen LogP contribution in [-0.2, 0) is 9.84 Å². The van der Waals surface area contributed by atoms with Crippen molar-refractivity contribution in [2.24, 2.45) is 5.41 Å². The molecule has 2 aromatic heterocycles. The maximum atomic E-state index is 13.8. The number of nitriles is 1. The second-order valence-corrected chi connectivity index (χ2v) is 13.0. The number of nitrogens with zero attached hydrogens (tertiary/aromatic N) is 5. The van der Waals surface area contributed by atoms with E-state index < -0.39 is 21.7 Å². The van der Waals surface area contributed by atoms with Crippen molar-refractivity contribution in [1.82, 2.24) is 20.0 Å². The number of anilines is 2. The van der Waals surface area contributed by atoms with Gasteiger partial charge in [-0.3, -0.25) is 4.98 Å². The van der Waals surface area contributed by atoms with E-state index in [9.17, 15) is 19.4 Å². The Bertz CT molecular complexity index is 1740. The van der Waals surface area contributed by atoms with Gasteiger partial charge in [0.2, 0.25) is 0 Å². The van der Waals surface area contributed by atoms with E-state index in [0.29, 0.717) is 23.2 Å². The Balaban J connectivity index is 1.71. The molecule has 5 rings (SSSR count). The van der Waals surface area contributed by atoms with Gasteiger partial charge in [-0.2, -0.15) is 5.26 Å². The highest BCUT2D eigenvalue weighted by atomic mass is 32.2. The fraction of sp³-hybridized carbons (Fsp3) is 0.357. The summed E-state index contributed by atoms with van der Waals surface area (Å²) in [5.74, 6) is -0.456. The molecule has 39 heavy (non-hydrogen) atoms. The molecule has 1 aliphatic rings. The molecule has 0 saturated heterocycles. The molecule has 0 amide bonds. The number of rotatable bonds is 8. The highest BCUT2D eigenvalue weighted by Crippen LogP contribution is 2.37. The van der Waals surface area contributed by atoms with Crippen LogP contribution in [0.15, 0.2) is 53.7 Å². The average Bonchev–Trinajstić information content (AvgIpc) is 3.61. The van der Waals surface area contributed by atoms with E-state index in [1.807, 2.05) is 20.8 Å². The standard InChI is InChI=1S/C28H30FN7O2S/c1-28(2,3)16-32-25-18(13-30)14-31-27-22(25)11-20(12-24(27)39(4,37)38)33-26(17-5-7-19(29)8-6-17)23-15-36(35-34-23)21-9-10-21/h5-8,11-12,14-15,21,26,33H,9-10,16H2,1-4H3,(H,31,32)/t26-/m1/s1/i26D. The third-order valence-electron chi connectivity index (χ3n) is 6.34. The minimum atomic E-state index is -3.78. The number of sulfone groups is 1. The third kappa shape index (κ3) is 5.86. The average molecular weight is 549 g/mol. The molecule has 2 heterocycles. The molecule has 1 aliphatic carbocycles. The maximum absolute atomic E-state index is 13.8. The number of pyridine rings is 1. The summed E-state index contributed by atoms with van der Waals surface area (Å²) in [5, 5.41) is 25.2. The highest BCUT2D eigenvalue weighted by Gasteiger charge is 2.28. The fourth-order valence-corrected chi connectivity index (χ4v) is 5.06. The predicted molar refractivity (Wildman–Crippen MR) is 148 cm³/mol. The van der Waals surface area contributed by atoms with Crippen molar-refractivity contribution >= 4 is 32.1 Å². The Morgan fingerprint density at radius 1 is 1.26 bits per heavy atom. The smallest absolute Gasteiger partial charge is 0.177 e. The number of hydrogen-bond acceptors (Lipinski definition) is 8. The third-order valence-corrected chi connectivity index (χ3v) is 7.45. The van der Waals surface area contributed by atoms with Gasteiger partial charge in [-0.05, 0) is 48.1 Å². The number of nitrogens with one attached hydrogen (secondary N) is 2. The molecule has 1 saturated carbocycles. The Kier molecular flexibility index (Phi) is 6.43. The Labute approximate surface area is 228 Å². The molecule has 9 nitrogen and oxygen atoms in total. The van der Waals surface area contributed by atoms with E-state index in [-0.39, 0.29) is 38.8 Å². The summed E-state index contributed by atoms with van der Waals surface area (Å²) in [6, 6.07) is 9.18. The monoisotopic (exact) mass is 548 g/mol. The van der Waals surface area contributed by atoms with Crippen LogP contribution in [0.1, 0.15) is 63.9 Å². The van der Waals surface area contributed by atoms with Gasteiger partial charge in [0, 0.05) is 30.1 Å². The van der Waals surface area contributed by atoms with E-state index >= 15 is 0 Å². The van der Waals surface area contributed by atoms with E-state index in [2.05, 4.69) is 32.0 Å². The first-order valence-corrected chi connectivity index (χ1v) is 14.4. The predicted octanol–water partition coefficient (Wildman–Crippen LogP) is 5.23. The molecule has 0 bridgehead atoms. The molecule has 2 N–H and O–H groups in total. The van der Waals surface area contributed by atoms with Crippen molar-refractivity contribution in [3.8, 4) is 6.07 Å². The van der Waals surface area contributed by atoms with Crippen LogP contribution >= 0.6 is 0 Å². The minimum absolute atomic E-state index is 0.0566. The van der Waals surface area contributed by atoms with Crippen LogP contribution in [0.3, 0.4) is 0 Å². The van der Waals surface area contributed by atoms with Crippen LogP contribution in [0.4, 0.5) is 15.8 Å². The van der Waals surface area contributed by atoms with Gasteiger partial charge >= 0.3 is 0 Å². The molecular formula is C28H30FN7O2S. The zero-order chi connectivity index (χ0) is 28.9. The van der Waals surface area contributed by atoms with Crippen molar-refractivity contribution in [3.63, 3.8) is 0 Å². The molecule has 11 heteroatoms. The van der Waals surface area contributed by atoms with Gasteiger partial charge in [-0.25, -0.2) is 17.5 Å². The lowest BCUT2D eigenvalue weighted by Crippen LogP contribution is -2.20. The van der Waals surface area contributed by atoms with Crippen molar-refractivity contribution in [1.29, 1.82) is 5.26 Å². The van der Waals surface area contributed by atoms with Gasteiger partial charge in [0.15, 0.2) is 9.84 Å². The lowest BCUT2D eigenvalue weighted by molar-refractivity contribution is 0.443. The lowest BCUT2D eigenvalue weighted by atomic mass is 9.96. The molecule has 0 aliphatic heterocycles. The SMILES string of the molecule is [2H][C@@](Nc1cc(S(C)(=O)=O)c2ncc(C#N)c(NCC(C)(C)C)c2c1)(c1ccc(F)cc1)c1cn(C2CC2)nn1. The summed E-state index contributed by atoms with van der Waals surface area (Å²) < 4.78 is 51.0. The Morgan fingerprint density at radius 2 is 1.97 bits per heavy atom. The van der Waals surface area contributed by atoms with Crippen LogP contribution in [0.25, 0.3) is 10.9 Å². The van der Waals surface area contributed by atoms with Crippen LogP contribution in [0.2, 0.25) is 0 Å². The maximum Gasteiger partial charge on any atom is 0.177 e. The van der Waals surface area contributed by atoms with Crippen LogP contribution in [0.5, 0.6) is 0 Å². The van der Waals surface area contributed by atoms with Crippen LogP contribution in [-0.4, -0.2) is 41.2 Å². The number of halogens is 1. The van der Waals surface area contributed by atoms with Crippen molar-refractivity contribution in [3.05, 3.63) is 71.4 Å². The Morgan fingerprint density at radius 3 is 2.59 bits per heavy atom. The second kappa shape index (κ2) is 9.93. The zero-order valence-corrected chi connectivity index (χ0v) is 23.0. The van der Waals surface area contributed by atoms with Crippen molar-refractivity contribution in [2.75, 3.05) is 23.4 Å². The first-order valence-electron chi connectivity index (χ1n) is 13.1. The highest BCUT2D eigenvalue weighted by molar-refractivity contribution is 7.91. The first-order chi connectivity index (χ1) is 18.8. The molecule has 2 aromatic carbocycles. The summed E-state index contributed by atoms with van der Waals surface area (Å²) in [7, 11) is -3.78. The lowest BCUT2D eigenvalue weighted by Gasteiger charge is -2.23. The normalized spacial score (nSPS) is 15.8. The molecule has 1 atom stereocenters. The van der Waals surface area contributed by atoms with E-state index in [0.717, 1.165) is 19.1 Å². The largest absolute Gasteiger partial charge is 0.383 e. The summed E-state index contributed by atoms with van der Waals surface area (Å²) in [5.41, 5.74) is 1.72. The summed E-state index contributed by atoms with van der Waals surface area (Å²) in [4.78, 5) is 4.28. The van der Waals surface area contributed by atoms with Crippen LogP contribution < -0.4 is 10.6 Å². The molecule has 0 radical (unpaired) electrons. The number of fused-ring (bicyclic) bond motifs is 1. The number of hydrogen-bond donors (Lipinski definition) is 2. The first kappa shape index (κ1) is 25.2. The second-order valence-electron chi connectivity index (χ2n) is 11.0.